The van der Waals surface area contributed by atoms with Gasteiger partial charge in [-0.1, -0.05) is 31.9 Å². The van der Waals surface area contributed by atoms with Crippen LogP contribution in [0.25, 0.3) is 0 Å². The van der Waals surface area contributed by atoms with E-state index in [1.54, 1.807) is 0 Å². The summed E-state index contributed by atoms with van der Waals surface area (Å²) in [5.41, 5.74) is 0. The van der Waals surface area contributed by atoms with Crippen molar-refractivity contribution in [1.82, 2.24) is 0 Å². The predicted octanol–water partition coefficient (Wildman–Crippen LogP) is 9.18. The average Bonchev–Trinajstić information content (AvgIpc) is 2.73. The number of allylic oxidation sites excluding steroid dienone is 4. The zero-order valence-corrected chi connectivity index (χ0v) is 18.6. The minimum atomic E-state index is -4.54. The second kappa shape index (κ2) is 11.2. The molecule has 0 N–H and O–H groups in total. The molecule has 0 unspecified atom stereocenters. The lowest BCUT2D eigenvalue weighted by atomic mass is 9.69. The zero-order chi connectivity index (χ0) is 21.6. The highest BCUT2D eigenvalue weighted by molar-refractivity contribution is 5.03. The second-order valence-electron chi connectivity index (χ2n) is 10.3. The van der Waals surface area contributed by atoms with Gasteiger partial charge in [-0.2, -0.15) is 13.2 Å². The van der Waals surface area contributed by atoms with Crippen molar-refractivity contribution in [3.05, 3.63) is 24.1 Å². The molecule has 0 radical (unpaired) electrons. The van der Waals surface area contributed by atoms with Crippen LogP contribution in [-0.4, -0.2) is 6.18 Å². The standard InChI is InChI=1S/C26H40F4/c1-2-3-19-4-6-20(7-5-19)8-9-21-10-12-22(13-11-21)23-14-16-24(17-15-23)25(27)18-26(28,29)30/h8-9,18-24H,2-7,10-17H2,1H3. The molecule has 3 fully saturated rings. The smallest absolute Gasteiger partial charge is 0.212 e. The molecule has 0 saturated heterocycles. The van der Waals surface area contributed by atoms with Crippen LogP contribution in [0.3, 0.4) is 0 Å². The van der Waals surface area contributed by atoms with Crippen molar-refractivity contribution in [3.8, 4) is 0 Å². The lowest BCUT2D eigenvalue weighted by Crippen LogP contribution is -2.26. The zero-order valence-electron chi connectivity index (χ0n) is 18.6. The fraction of sp³-hybridized carbons (Fsp3) is 0.846. The Labute approximate surface area is 180 Å². The van der Waals surface area contributed by atoms with E-state index in [0.29, 0.717) is 30.6 Å². The number of hydrogen-bond donors (Lipinski definition) is 0. The summed E-state index contributed by atoms with van der Waals surface area (Å²) >= 11 is 0. The van der Waals surface area contributed by atoms with Crippen molar-refractivity contribution in [3.63, 3.8) is 0 Å². The van der Waals surface area contributed by atoms with Gasteiger partial charge in [-0.05, 0) is 107 Å². The van der Waals surface area contributed by atoms with Crippen molar-refractivity contribution < 1.29 is 17.6 Å². The number of hydrogen-bond acceptors (Lipinski definition) is 0. The van der Waals surface area contributed by atoms with Gasteiger partial charge in [0.1, 0.15) is 5.83 Å². The second-order valence-corrected chi connectivity index (χ2v) is 10.3. The molecular formula is C26H40F4. The third kappa shape index (κ3) is 7.41. The Morgan fingerprint density at radius 3 is 1.67 bits per heavy atom. The van der Waals surface area contributed by atoms with Crippen molar-refractivity contribution in [2.24, 2.45) is 35.5 Å². The molecule has 0 bridgehead atoms. The predicted molar refractivity (Wildman–Crippen MR) is 116 cm³/mol. The SMILES string of the molecule is CCCC1CCC(C=CC2CCC(C3CCC(C(F)=CC(F)(F)F)CC3)CC2)CC1. The van der Waals surface area contributed by atoms with Gasteiger partial charge in [0, 0.05) is 5.92 Å². The molecule has 0 atom stereocenters. The van der Waals surface area contributed by atoms with Crippen molar-refractivity contribution in [2.45, 2.75) is 103 Å². The van der Waals surface area contributed by atoms with Crippen LogP contribution < -0.4 is 0 Å². The summed E-state index contributed by atoms with van der Waals surface area (Å²) in [6.45, 7) is 2.29. The molecule has 0 amide bonds. The molecule has 0 nitrogen and oxygen atoms in total. The summed E-state index contributed by atoms with van der Waals surface area (Å²) in [6.07, 6.45) is 16.4. The Kier molecular flexibility index (Phi) is 8.89. The molecule has 3 rings (SSSR count). The van der Waals surface area contributed by atoms with Gasteiger partial charge in [0.15, 0.2) is 0 Å². The van der Waals surface area contributed by atoms with Gasteiger partial charge in [0.25, 0.3) is 0 Å². The maximum Gasteiger partial charge on any atom is 0.412 e. The first-order valence-electron chi connectivity index (χ1n) is 12.5. The Hall–Kier alpha value is -0.800. The van der Waals surface area contributed by atoms with E-state index in [9.17, 15) is 17.6 Å². The van der Waals surface area contributed by atoms with E-state index in [-0.39, 0.29) is 6.08 Å². The van der Waals surface area contributed by atoms with Crippen LogP contribution in [0.2, 0.25) is 0 Å². The molecule has 30 heavy (non-hydrogen) atoms. The molecule has 0 aromatic rings. The van der Waals surface area contributed by atoms with Crippen LogP contribution >= 0.6 is 0 Å². The number of alkyl halides is 3. The van der Waals surface area contributed by atoms with Gasteiger partial charge in [0.05, 0.1) is 6.08 Å². The lowest BCUT2D eigenvalue weighted by molar-refractivity contribution is -0.0821. The molecule has 0 heterocycles. The van der Waals surface area contributed by atoms with E-state index in [2.05, 4.69) is 19.1 Å². The Morgan fingerprint density at radius 1 is 0.733 bits per heavy atom. The summed E-state index contributed by atoms with van der Waals surface area (Å²) in [4.78, 5) is 0. The summed E-state index contributed by atoms with van der Waals surface area (Å²) in [6, 6.07) is 0. The first-order chi connectivity index (χ1) is 14.3. The Bertz CT molecular complexity index is 552. The van der Waals surface area contributed by atoms with Gasteiger partial charge in [-0.25, -0.2) is 4.39 Å². The summed E-state index contributed by atoms with van der Waals surface area (Å²) in [7, 11) is 0. The fourth-order valence-electron chi connectivity index (χ4n) is 6.34. The quantitative estimate of drug-likeness (QED) is 0.292. The number of halogens is 4. The molecule has 172 valence electrons. The fourth-order valence-corrected chi connectivity index (χ4v) is 6.34. The average molecular weight is 429 g/mol. The van der Waals surface area contributed by atoms with E-state index in [4.69, 9.17) is 0 Å². The van der Waals surface area contributed by atoms with Gasteiger partial charge in [-0.15, -0.1) is 0 Å². The van der Waals surface area contributed by atoms with Gasteiger partial charge >= 0.3 is 6.18 Å². The van der Waals surface area contributed by atoms with Crippen molar-refractivity contribution in [1.29, 1.82) is 0 Å². The van der Waals surface area contributed by atoms with Crippen LogP contribution in [0, 0.1) is 35.5 Å². The summed E-state index contributed by atoms with van der Waals surface area (Å²) < 4.78 is 51.0. The molecule has 3 saturated carbocycles. The summed E-state index contributed by atoms with van der Waals surface area (Å²) in [5, 5.41) is 0. The van der Waals surface area contributed by atoms with Gasteiger partial charge in [0.2, 0.25) is 0 Å². The Balaban J connectivity index is 1.36. The highest BCUT2D eigenvalue weighted by Crippen LogP contribution is 2.44. The van der Waals surface area contributed by atoms with Crippen molar-refractivity contribution >= 4 is 0 Å². The van der Waals surface area contributed by atoms with E-state index in [1.807, 2.05) is 0 Å². The maximum atomic E-state index is 13.8. The highest BCUT2D eigenvalue weighted by atomic mass is 19.4. The van der Waals surface area contributed by atoms with E-state index < -0.39 is 17.9 Å². The summed E-state index contributed by atoms with van der Waals surface area (Å²) in [5.74, 6) is 2.24. The van der Waals surface area contributed by atoms with Crippen LogP contribution in [-0.2, 0) is 0 Å². The maximum absolute atomic E-state index is 13.8. The molecule has 0 aromatic heterocycles. The lowest BCUT2D eigenvalue weighted by Gasteiger charge is -2.37. The first-order valence-corrected chi connectivity index (χ1v) is 12.5. The Morgan fingerprint density at radius 2 is 1.20 bits per heavy atom. The van der Waals surface area contributed by atoms with E-state index in [0.717, 1.165) is 24.7 Å². The number of rotatable bonds is 6. The monoisotopic (exact) mass is 428 g/mol. The van der Waals surface area contributed by atoms with Gasteiger partial charge < -0.3 is 0 Å². The minimum absolute atomic E-state index is 0.133. The molecule has 4 heteroatoms. The largest absolute Gasteiger partial charge is 0.412 e. The van der Waals surface area contributed by atoms with Crippen LogP contribution in [0.4, 0.5) is 17.6 Å². The van der Waals surface area contributed by atoms with Crippen LogP contribution in [0.1, 0.15) is 96.8 Å². The third-order valence-electron chi connectivity index (χ3n) is 8.19. The van der Waals surface area contributed by atoms with Crippen molar-refractivity contribution in [2.75, 3.05) is 0 Å². The molecule has 0 spiro atoms. The normalized spacial score (nSPS) is 36.9. The van der Waals surface area contributed by atoms with Gasteiger partial charge in [-0.3, -0.25) is 0 Å². The van der Waals surface area contributed by atoms with E-state index >= 15 is 0 Å². The minimum Gasteiger partial charge on any atom is -0.212 e. The molecule has 0 aromatic carbocycles. The molecule has 3 aliphatic rings. The molecule has 0 aliphatic heterocycles. The topological polar surface area (TPSA) is 0 Å². The molecule has 3 aliphatic carbocycles. The van der Waals surface area contributed by atoms with Crippen LogP contribution in [0.15, 0.2) is 24.1 Å². The van der Waals surface area contributed by atoms with E-state index in [1.165, 1.54) is 64.2 Å². The first kappa shape index (κ1) is 23.9. The third-order valence-corrected chi connectivity index (χ3v) is 8.19. The van der Waals surface area contributed by atoms with Crippen LogP contribution in [0.5, 0.6) is 0 Å². The molecular weight excluding hydrogens is 388 g/mol. The highest BCUT2D eigenvalue weighted by Gasteiger charge is 2.33.